The van der Waals surface area contributed by atoms with Crippen molar-refractivity contribution >= 4 is 28.5 Å². The number of rotatable bonds is 4. The molecule has 0 bridgehead atoms. The quantitative estimate of drug-likeness (QED) is 0.459. The van der Waals surface area contributed by atoms with E-state index in [0.717, 1.165) is 31.4 Å². The molecule has 8 nitrogen and oxygen atoms in total. The monoisotopic (exact) mass is 464 g/mol. The summed E-state index contributed by atoms with van der Waals surface area (Å²) in [6, 6.07) is 7.76. The Kier molecular flexibility index (Phi) is 5.55. The molecule has 0 unspecified atom stereocenters. The molecule has 0 aliphatic carbocycles. The van der Waals surface area contributed by atoms with E-state index in [2.05, 4.69) is 17.0 Å². The van der Waals surface area contributed by atoms with Crippen molar-refractivity contribution < 1.29 is 23.5 Å². The van der Waals surface area contributed by atoms with Gasteiger partial charge >= 0.3 is 5.97 Å². The van der Waals surface area contributed by atoms with Gasteiger partial charge in [-0.1, -0.05) is 19.8 Å². The van der Waals surface area contributed by atoms with E-state index in [1.807, 2.05) is 11.8 Å². The van der Waals surface area contributed by atoms with Crippen LogP contribution in [0.2, 0.25) is 0 Å². The molecule has 176 valence electrons. The number of aromatic carboxylic acids is 1. The van der Waals surface area contributed by atoms with Crippen LogP contribution in [-0.2, 0) is 6.42 Å². The molecule has 1 aliphatic heterocycles. The zero-order valence-corrected chi connectivity index (χ0v) is 19.0. The molecule has 0 spiro atoms. The van der Waals surface area contributed by atoms with E-state index >= 15 is 4.39 Å². The first kappa shape index (κ1) is 22.1. The maximum absolute atomic E-state index is 15.3. The lowest BCUT2D eigenvalue weighted by Gasteiger charge is -2.27. The zero-order valence-electron chi connectivity index (χ0n) is 19.0. The summed E-state index contributed by atoms with van der Waals surface area (Å²) in [6.07, 6.45) is 4.80. The molecule has 0 saturated carbocycles. The highest BCUT2D eigenvalue weighted by atomic mass is 19.1. The minimum atomic E-state index is -1.27. The second kappa shape index (κ2) is 8.55. The van der Waals surface area contributed by atoms with Crippen LogP contribution in [0.5, 0.6) is 0 Å². The third kappa shape index (κ3) is 3.70. The van der Waals surface area contributed by atoms with Gasteiger partial charge in [0.05, 0.1) is 11.1 Å². The number of hydrogen-bond acceptors (Lipinski definition) is 5. The third-order valence-corrected chi connectivity index (χ3v) is 6.52. The summed E-state index contributed by atoms with van der Waals surface area (Å²) in [5, 5.41) is 13.8. The van der Waals surface area contributed by atoms with E-state index in [9.17, 15) is 9.59 Å². The number of likely N-dealkylation sites (tertiary alicyclic amines) is 1. The Morgan fingerprint density at radius 3 is 2.79 bits per heavy atom. The molecule has 34 heavy (non-hydrogen) atoms. The lowest BCUT2D eigenvalue weighted by atomic mass is 10.1. The summed E-state index contributed by atoms with van der Waals surface area (Å²) in [6.45, 7) is 4.75. The highest BCUT2D eigenvalue weighted by Crippen LogP contribution is 2.31. The van der Waals surface area contributed by atoms with Crippen molar-refractivity contribution in [2.24, 2.45) is 0 Å². The number of carboxylic acids is 1. The lowest BCUT2D eigenvalue weighted by molar-refractivity contribution is 0.0662. The summed E-state index contributed by atoms with van der Waals surface area (Å²) in [4.78, 5) is 31.0. The highest BCUT2D eigenvalue weighted by Gasteiger charge is 2.26. The fourth-order valence-electron chi connectivity index (χ4n) is 4.63. The van der Waals surface area contributed by atoms with Crippen LogP contribution in [0.4, 0.5) is 4.39 Å². The number of carbonyl (C=O) groups is 2. The maximum Gasteiger partial charge on any atom is 0.371 e. The lowest BCUT2D eigenvalue weighted by Crippen LogP contribution is -2.38. The summed E-state index contributed by atoms with van der Waals surface area (Å²) >= 11 is 0. The number of aryl methyl sites for hydroxylation is 1. The molecule has 9 heteroatoms. The van der Waals surface area contributed by atoms with Gasteiger partial charge in [0, 0.05) is 36.0 Å². The van der Waals surface area contributed by atoms with E-state index in [4.69, 9.17) is 9.52 Å². The average Bonchev–Trinajstić information content (AvgIpc) is 3.39. The molecule has 4 aromatic rings. The van der Waals surface area contributed by atoms with E-state index in [1.165, 1.54) is 18.2 Å². The number of furan rings is 1. The van der Waals surface area contributed by atoms with E-state index in [0.29, 0.717) is 30.0 Å². The number of aromatic nitrogens is 3. The molecule has 1 amide bonds. The van der Waals surface area contributed by atoms with Crippen molar-refractivity contribution in [3.8, 4) is 11.3 Å². The van der Waals surface area contributed by atoms with Crippen LogP contribution in [0.15, 0.2) is 34.7 Å². The van der Waals surface area contributed by atoms with Gasteiger partial charge in [0.25, 0.3) is 5.91 Å². The molecule has 1 saturated heterocycles. The van der Waals surface area contributed by atoms with Crippen molar-refractivity contribution in [1.29, 1.82) is 0 Å². The largest absolute Gasteiger partial charge is 0.475 e. The van der Waals surface area contributed by atoms with Crippen molar-refractivity contribution in [3.63, 3.8) is 0 Å². The SMILES string of the molecule is CCc1cc(C(=O)N2CCCCC[C@H]2C)nc2cc(-c3ccc4oc(C(=O)O)cc4c3F)nn12. The summed E-state index contributed by atoms with van der Waals surface area (Å²) < 4.78 is 22.1. The predicted molar refractivity (Wildman–Crippen MR) is 123 cm³/mol. The van der Waals surface area contributed by atoms with E-state index < -0.39 is 11.8 Å². The third-order valence-electron chi connectivity index (χ3n) is 6.52. The Labute approximate surface area is 195 Å². The van der Waals surface area contributed by atoms with Gasteiger partial charge in [-0.2, -0.15) is 5.10 Å². The summed E-state index contributed by atoms with van der Waals surface area (Å²) in [5.74, 6) is -2.31. The predicted octanol–water partition coefficient (Wildman–Crippen LogP) is 4.95. The van der Waals surface area contributed by atoms with Gasteiger partial charge in [-0.15, -0.1) is 0 Å². The van der Waals surface area contributed by atoms with Crippen molar-refractivity contribution in [3.05, 3.63) is 53.3 Å². The summed E-state index contributed by atoms with van der Waals surface area (Å²) in [7, 11) is 0. The van der Waals surface area contributed by atoms with Crippen LogP contribution in [0.3, 0.4) is 0 Å². The Balaban J connectivity index is 1.58. The Hall–Kier alpha value is -3.75. The molecule has 1 aliphatic rings. The number of carbonyl (C=O) groups excluding carboxylic acids is 1. The summed E-state index contributed by atoms with van der Waals surface area (Å²) in [5.41, 5.74) is 2.30. The van der Waals surface area contributed by atoms with Gasteiger partial charge in [-0.05, 0) is 44.4 Å². The molecule has 0 radical (unpaired) electrons. The topological polar surface area (TPSA) is 101 Å². The highest BCUT2D eigenvalue weighted by molar-refractivity contribution is 5.94. The first-order valence-electron chi connectivity index (χ1n) is 11.5. The Bertz CT molecular complexity index is 1420. The van der Waals surface area contributed by atoms with Gasteiger partial charge < -0.3 is 14.4 Å². The van der Waals surface area contributed by atoms with E-state index in [-0.39, 0.29) is 34.2 Å². The second-order valence-corrected chi connectivity index (χ2v) is 8.74. The molecule has 1 fully saturated rings. The Morgan fingerprint density at radius 1 is 1.21 bits per heavy atom. The molecule has 1 aromatic carbocycles. The maximum atomic E-state index is 15.3. The van der Waals surface area contributed by atoms with Crippen molar-refractivity contribution in [2.45, 2.75) is 52.0 Å². The first-order chi connectivity index (χ1) is 16.4. The number of fused-ring (bicyclic) bond motifs is 2. The van der Waals surface area contributed by atoms with E-state index in [1.54, 1.807) is 16.6 Å². The van der Waals surface area contributed by atoms with Crippen molar-refractivity contribution in [2.75, 3.05) is 6.54 Å². The Morgan fingerprint density at radius 2 is 2.03 bits per heavy atom. The number of amides is 1. The van der Waals surface area contributed by atoms with Gasteiger partial charge in [-0.3, -0.25) is 4.79 Å². The molecular formula is C25H25FN4O4. The molecule has 4 heterocycles. The fraction of sp³-hybridized carbons (Fsp3) is 0.360. The van der Waals surface area contributed by atoms with Gasteiger partial charge in [0.15, 0.2) is 5.65 Å². The molecular weight excluding hydrogens is 439 g/mol. The number of nitrogens with zero attached hydrogens (tertiary/aromatic N) is 4. The van der Waals surface area contributed by atoms with Crippen LogP contribution in [0.25, 0.3) is 27.9 Å². The normalized spacial score (nSPS) is 16.8. The van der Waals surface area contributed by atoms with Gasteiger partial charge in [-0.25, -0.2) is 18.7 Å². The van der Waals surface area contributed by atoms with Crippen molar-refractivity contribution in [1.82, 2.24) is 19.5 Å². The van der Waals surface area contributed by atoms with Crippen LogP contribution < -0.4 is 0 Å². The molecule has 1 atom stereocenters. The van der Waals surface area contributed by atoms with Crippen LogP contribution >= 0.6 is 0 Å². The number of halogens is 1. The first-order valence-corrected chi connectivity index (χ1v) is 11.5. The van der Waals surface area contributed by atoms with Crippen LogP contribution in [0.1, 0.15) is 66.3 Å². The average molecular weight is 464 g/mol. The van der Waals surface area contributed by atoms with Crippen LogP contribution in [-0.4, -0.2) is 49.1 Å². The molecule has 1 N–H and O–H groups in total. The minimum absolute atomic E-state index is 0.0710. The van der Waals surface area contributed by atoms with Crippen LogP contribution in [0, 0.1) is 5.82 Å². The molecule has 5 rings (SSSR count). The zero-order chi connectivity index (χ0) is 24.0. The smallest absolute Gasteiger partial charge is 0.371 e. The van der Waals surface area contributed by atoms with Gasteiger partial charge in [0.2, 0.25) is 5.76 Å². The number of benzene rings is 1. The standard InChI is InChI=1S/C25H25FN4O4/c1-3-15-11-19(24(31)29-10-6-4-5-7-14(29)2)27-22-13-18(28-30(15)22)16-8-9-20-17(23(16)26)12-21(34-20)25(32)33/h8-9,11-14H,3-7,10H2,1-2H3,(H,32,33)/t14-/m1/s1. The number of carboxylic acid groups (broad SMARTS) is 1. The van der Waals surface area contributed by atoms with Gasteiger partial charge in [0.1, 0.15) is 17.1 Å². The fourth-order valence-corrected chi connectivity index (χ4v) is 4.63. The molecule has 3 aromatic heterocycles. The second-order valence-electron chi connectivity index (χ2n) is 8.74. The minimum Gasteiger partial charge on any atom is -0.475 e. The number of hydrogen-bond donors (Lipinski definition) is 1.